The van der Waals surface area contributed by atoms with Crippen molar-refractivity contribution in [2.24, 2.45) is 5.92 Å². The number of benzene rings is 1. The van der Waals surface area contributed by atoms with Crippen LogP contribution in [0.5, 0.6) is 0 Å². The molecule has 0 radical (unpaired) electrons. The van der Waals surface area contributed by atoms with E-state index in [-0.39, 0.29) is 11.5 Å². The molecule has 1 heterocycles. The molecule has 1 unspecified atom stereocenters. The fraction of sp³-hybridized carbons (Fsp3) is 0.533. The van der Waals surface area contributed by atoms with E-state index in [0.29, 0.717) is 16.9 Å². The van der Waals surface area contributed by atoms with Crippen LogP contribution in [0.1, 0.15) is 30.1 Å². The molecule has 0 aliphatic carbocycles. The highest BCUT2D eigenvalue weighted by Gasteiger charge is 2.16. The molecule has 110 valence electrons. The van der Waals surface area contributed by atoms with Crippen LogP contribution in [0.25, 0.3) is 0 Å². The molecule has 5 heteroatoms. The second kappa shape index (κ2) is 7.18. The number of hydrogen-bond donors (Lipinski definition) is 1. The smallest absolute Gasteiger partial charge is 0.254 e. The molecule has 0 aromatic heterocycles. The Balaban J connectivity index is 1.83. The van der Waals surface area contributed by atoms with Crippen molar-refractivity contribution in [3.63, 3.8) is 0 Å². The van der Waals surface area contributed by atoms with Gasteiger partial charge >= 0.3 is 0 Å². The number of rotatable bonds is 5. The quantitative estimate of drug-likeness (QED) is 0.891. The van der Waals surface area contributed by atoms with Crippen molar-refractivity contribution in [1.29, 1.82) is 0 Å². The summed E-state index contributed by atoms with van der Waals surface area (Å²) >= 11 is 3.25. The Morgan fingerprint density at radius 2 is 2.15 bits per heavy atom. The summed E-state index contributed by atoms with van der Waals surface area (Å²) in [5, 5.41) is 2.81. The fourth-order valence-electron chi connectivity index (χ4n) is 2.50. The van der Waals surface area contributed by atoms with E-state index in [9.17, 15) is 9.18 Å². The molecule has 1 atom stereocenters. The number of halogens is 2. The van der Waals surface area contributed by atoms with E-state index in [4.69, 9.17) is 0 Å². The molecule has 1 fully saturated rings. The first-order chi connectivity index (χ1) is 9.56. The van der Waals surface area contributed by atoms with Gasteiger partial charge in [0.2, 0.25) is 0 Å². The molecule has 1 aliphatic rings. The maximum Gasteiger partial charge on any atom is 0.254 e. The SMILES string of the molecule is CC(CNC(=O)c1cc(Br)ccc1F)CN1CCCC1. The first kappa shape index (κ1) is 15.4. The van der Waals surface area contributed by atoms with Gasteiger partial charge in [0.25, 0.3) is 5.91 Å². The highest BCUT2D eigenvalue weighted by atomic mass is 79.9. The van der Waals surface area contributed by atoms with Crippen molar-refractivity contribution < 1.29 is 9.18 Å². The van der Waals surface area contributed by atoms with E-state index in [2.05, 4.69) is 33.1 Å². The lowest BCUT2D eigenvalue weighted by Crippen LogP contribution is -2.34. The zero-order valence-electron chi connectivity index (χ0n) is 11.7. The Bertz CT molecular complexity index is 475. The summed E-state index contributed by atoms with van der Waals surface area (Å²) in [7, 11) is 0. The van der Waals surface area contributed by atoms with E-state index < -0.39 is 5.82 Å². The predicted molar refractivity (Wildman–Crippen MR) is 81.3 cm³/mol. The van der Waals surface area contributed by atoms with Crippen LogP contribution < -0.4 is 5.32 Å². The van der Waals surface area contributed by atoms with Crippen LogP contribution in [0, 0.1) is 11.7 Å². The van der Waals surface area contributed by atoms with Crippen molar-refractivity contribution in [1.82, 2.24) is 10.2 Å². The summed E-state index contributed by atoms with van der Waals surface area (Å²) < 4.78 is 14.3. The first-order valence-electron chi connectivity index (χ1n) is 7.02. The van der Waals surface area contributed by atoms with Crippen LogP contribution in [0.2, 0.25) is 0 Å². The number of carbonyl (C=O) groups is 1. The minimum atomic E-state index is -0.488. The number of amides is 1. The molecule has 3 nitrogen and oxygen atoms in total. The van der Waals surface area contributed by atoms with Gasteiger partial charge in [0, 0.05) is 17.6 Å². The minimum Gasteiger partial charge on any atom is -0.352 e. The second-order valence-corrected chi connectivity index (χ2v) is 6.36. The van der Waals surface area contributed by atoms with Crippen molar-refractivity contribution >= 4 is 21.8 Å². The number of likely N-dealkylation sites (tertiary alicyclic amines) is 1. The number of nitrogens with zero attached hydrogens (tertiary/aromatic N) is 1. The third kappa shape index (κ3) is 4.28. The Kier molecular flexibility index (Phi) is 5.54. The van der Waals surface area contributed by atoms with E-state index in [0.717, 1.165) is 19.6 Å². The summed E-state index contributed by atoms with van der Waals surface area (Å²) in [6, 6.07) is 4.39. The van der Waals surface area contributed by atoms with Gasteiger partial charge in [0.05, 0.1) is 5.56 Å². The van der Waals surface area contributed by atoms with Crippen LogP contribution in [0.3, 0.4) is 0 Å². The third-order valence-corrected chi connectivity index (χ3v) is 4.05. The average molecular weight is 343 g/mol. The van der Waals surface area contributed by atoms with Crippen LogP contribution in [-0.2, 0) is 0 Å². The molecule has 1 aromatic carbocycles. The summed E-state index contributed by atoms with van der Waals surface area (Å²) in [6.07, 6.45) is 2.53. The van der Waals surface area contributed by atoms with Gasteiger partial charge in [-0.3, -0.25) is 4.79 Å². The first-order valence-corrected chi connectivity index (χ1v) is 7.81. The van der Waals surface area contributed by atoms with E-state index in [1.54, 1.807) is 6.07 Å². The Morgan fingerprint density at radius 1 is 1.45 bits per heavy atom. The van der Waals surface area contributed by atoms with Gasteiger partial charge in [-0.25, -0.2) is 4.39 Å². The monoisotopic (exact) mass is 342 g/mol. The molecule has 0 spiro atoms. The fourth-order valence-corrected chi connectivity index (χ4v) is 2.87. The second-order valence-electron chi connectivity index (χ2n) is 5.45. The highest BCUT2D eigenvalue weighted by Crippen LogP contribution is 2.15. The van der Waals surface area contributed by atoms with Gasteiger partial charge in [-0.05, 0) is 50.0 Å². The van der Waals surface area contributed by atoms with Gasteiger partial charge in [-0.15, -0.1) is 0 Å². The predicted octanol–water partition coefficient (Wildman–Crippen LogP) is 3.05. The number of carbonyl (C=O) groups excluding carboxylic acids is 1. The van der Waals surface area contributed by atoms with Crippen molar-refractivity contribution in [2.45, 2.75) is 19.8 Å². The molecule has 0 saturated carbocycles. The van der Waals surface area contributed by atoms with Gasteiger partial charge in [0.1, 0.15) is 5.82 Å². The minimum absolute atomic E-state index is 0.0905. The lowest BCUT2D eigenvalue weighted by molar-refractivity contribution is 0.0941. The molecule has 20 heavy (non-hydrogen) atoms. The largest absolute Gasteiger partial charge is 0.352 e. The van der Waals surface area contributed by atoms with Gasteiger partial charge in [-0.2, -0.15) is 0 Å². The third-order valence-electron chi connectivity index (χ3n) is 3.55. The van der Waals surface area contributed by atoms with E-state index in [1.165, 1.54) is 25.0 Å². The standard InChI is InChI=1S/C15H20BrFN2O/c1-11(10-19-6-2-3-7-19)9-18-15(20)13-8-12(16)4-5-14(13)17/h4-5,8,11H,2-3,6-7,9-10H2,1H3,(H,18,20). The molecule has 1 aromatic rings. The van der Waals surface area contributed by atoms with Crippen LogP contribution >= 0.6 is 15.9 Å². The number of hydrogen-bond acceptors (Lipinski definition) is 2. The molecular weight excluding hydrogens is 323 g/mol. The van der Waals surface area contributed by atoms with Crippen molar-refractivity contribution in [3.8, 4) is 0 Å². The van der Waals surface area contributed by atoms with Crippen molar-refractivity contribution in [3.05, 3.63) is 34.1 Å². The molecule has 1 N–H and O–H groups in total. The summed E-state index contributed by atoms with van der Waals surface area (Å²) in [5.41, 5.74) is 0.0905. The average Bonchev–Trinajstić information content (AvgIpc) is 2.91. The molecule has 1 aliphatic heterocycles. The summed E-state index contributed by atoms with van der Waals surface area (Å²) in [5.74, 6) is -0.470. The number of nitrogens with one attached hydrogen (secondary N) is 1. The Hall–Kier alpha value is -0.940. The van der Waals surface area contributed by atoms with Crippen LogP contribution in [-0.4, -0.2) is 37.0 Å². The lowest BCUT2D eigenvalue weighted by Gasteiger charge is -2.20. The summed E-state index contributed by atoms with van der Waals surface area (Å²) in [4.78, 5) is 14.4. The topological polar surface area (TPSA) is 32.3 Å². The zero-order valence-corrected chi connectivity index (χ0v) is 13.2. The Morgan fingerprint density at radius 3 is 2.85 bits per heavy atom. The van der Waals surface area contributed by atoms with Crippen LogP contribution in [0.4, 0.5) is 4.39 Å². The van der Waals surface area contributed by atoms with Crippen molar-refractivity contribution in [2.75, 3.05) is 26.2 Å². The maximum absolute atomic E-state index is 13.6. The zero-order chi connectivity index (χ0) is 14.5. The summed E-state index contributed by atoms with van der Waals surface area (Å²) in [6.45, 7) is 5.97. The highest BCUT2D eigenvalue weighted by molar-refractivity contribution is 9.10. The van der Waals surface area contributed by atoms with E-state index >= 15 is 0 Å². The molecule has 1 saturated heterocycles. The molecular formula is C15H20BrFN2O. The van der Waals surface area contributed by atoms with Gasteiger partial charge in [-0.1, -0.05) is 22.9 Å². The normalized spacial score (nSPS) is 17.1. The van der Waals surface area contributed by atoms with Gasteiger partial charge in [0.15, 0.2) is 0 Å². The molecule has 0 bridgehead atoms. The van der Waals surface area contributed by atoms with E-state index in [1.807, 2.05) is 0 Å². The maximum atomic E-state index is 13.6. The molecule has 1 amide bonds. The lowest BCUT2D eigenvalue weighted by atomic mass is 10.1. The van der Waals surface area contributed by atoms with Crippen LogP contribution in [0.15, 0.2) is 22.7 Å². The molecule has 2 rings (SSSR count). The Labute approximate surface area is 127 Å². The van der Waals surface area contributed by atoms with Gasteiger partial charge < -0.3 is 10.2 Å².